The second-order valence-corrected chi connectivity index (χ2v) is 5.86. The average Bonchev–Trinajstić information content (AvgIpc) is 2.92. The highest BCUT2D eigenvalue weighted by molar-refractivity contribution is 8.02. The molecule has 1 aromatic heterocycles. The third-order valence-corrected chi connectivity index (χ3v) is 3.89. The van der Waals surface area contributed by atoms with E-state index in [-0.39, 0.29) is 5.82 Å². The maximum atomic E-state index is 12.9. The molecule has 0 radical (unpaired) electrons. The van der Waals surface area contributed by atoms with Gasteiger partial charge in [-0.05, 0) is 49.2 Å². The van der Waals surface area contributed by atoms with Crippen LogP contribution in [0.1, 0.15) is 12.5 Å². The summed E-state index contributed by atoms with van der Waals surface area (Å²) in [5.41, 5.74) is 3.49. The van der Waals surface area contributed by atoms with Crippen molar-refractivity contribution in [2.45, 2.75) is 12.3 Å². The van der Waals surface area contributed by atoms with Crippen molar-refractivity contribution >= 4 is 11.8 Å². The SMILES string of the molecule is CC1NC(C#Cc2ccc(-c3ccc(F)cc3)nc2)=CS1. The zero-order valence-corrected chi connectivity index (χ0v) is 12.2. The third-order valence-electron chi connectivity index (χ3n) is 2.99. The fourth-order valence-electron chi connectivity index (χ4n) is 1.92. The van der Waals surface area contributed by atoms with Crippen LogP contribution in [0.5, 0.6) is 0 Å². The molecule has 21 heavy (non-hydrogen) atoms. The Hall–Kier alpha value is -2.25. The van der Waals surface area contributed by atoms with Crippen LogP contribution in [-0.4, -0.2) is 10.4 Å². The first kappa shape index (κ1) is 13.7. The lowest BCUT2D eigenvalue weighted by molar-refractivity contribution is 0.628. The van der Waals surface area contributed by atoms with Crippen LogP contribution in [0, 0.1) is 17.7 Å². The van der Waals surface area contributed by atoms with E-state index in [9.17, 15) is 4.39 Å². The van der Waals surface area contributed by atoms with Crippen LogP contribution in [0.2, 0.25) is 0 Å². The first-order valence-electron chi connectivity index (χ1n) is 6.57. The summed E-state index contributed by atoms with van der Waals surface area (Å²) in [6, 6.07) is 10.1. The predicted octanol–water partition coefficient (Wildman–Crippen LogP) is 3.76. The highest BCUT2D eigenvalue weighted by Crippen LogP contribution is 2.19. The summed E-state index contributed by atoms with van der Waals surface area (Å²) < 4.78 is 12.9. The van der Waals surface area contributed by atoms with Crippen molar-refractivity contribution < 1.29 is 4.39 Å². The Labute approximate surface area is 127 Å². The van der Waals surface area contributed by atoms with Crippen LogP contribution in [0.4, 0.5) is 4.39 Å². The summed E-state index contributed by atoms with van der Waals surface area (Å²) in [4.78, 5) is 4.37. The number of halogens is 1. The molecule has 104 valence electrons. The van der Waals surface area contributed by atoms with Gasteiger partial charge in [0, 0.05) is 22.7 Å². The molecule has 1 aromatic carbocycles. The Morgan fingerprint density at radius 2 is 1.95 bits per heavy atom. The van der Waals surface area contributed by atoms with Gasteiger partial charge in [-0.2, -0.15) is 0 Å². The van der Waals surface area contributed by atoms with Crippen LogP contribution in [0.15, 0.2) is 53.7 Å². The standard InChI is InChI=1S/C17H13FN2S/c1-12-20-16(11-21-12)8-2-13-3-9-17(19-10-13)14-4-6-15(18)7-5-14/h3-7,9-12,20H,1H3. The van der Waals surface area contributed by atoms with Gasteiger partial charge in [0.1, 0.15) is 5.82 Å². The van der Waals surface area contributed by atoms with Gasteiger partial charge in [0.2, 0.25) is 0 Å². The first-order valence-corrected chi connectivity index (χ1v) is 7.51. The molecular formula is C17H13FN2S. The fourth-order valence-corrected chi connectivity index (χ4v) is 2.58. The van der Waals surface area contributed by atoms with Gasteiger partial charge in [-0.1, -0.05) is 5.92 Å². The summed E-state index contributed by atoms with van der Waals surface area (Å²) in [5, 5.41) is 5.67. The van der Waals surface area contributed by atoms with E-state index < -0.39 is 0 Å². The van der Waals surface area contributed by atoms with E-state index in [1.165, 1.54) is 12.1 Å². The molecule has 1 aliphatic heterocycles. The number of nitrogens with one attached hydrogen (secondary N) is 1. The normalized spacial score (nSPS) is 16.7. The summed E-state index contributed by atoms with van der Waals surface area (Å²) in [5.74, 6) is 5.92. The number of aromatic nitrogens is 1. The number of hydrogen-bond acceptors (Lipinski definition) is 3. The monoisotopic (exact) mass is 296 g/mol. The summed E-state index contributed by atoms with van der Waals surface area (Å²) in [6.45, 7) is 2.09. The maximum Gasteiger partial charge on any atom is 0.123 e. The highest BCUT2D eigenvalue weighted by atomic mass is 32.2. The van der Waals surface area contributed by atoms with Gasteiger partial charge in [0.05, 0.1) is 16.8 Å². The molecule has 2 nitrogen and oxygen atoms in total. The minimum atomic E-state index is -0.245. The van der Waals surface area contributed by atoms with E-state index in [1.807, 2.05) is 17.5 Å². The number of thioether (sulfide) groups is 1. The van der Waals surface area contributed by atoms with Gasteiger partial charge >= 0.3 is 0 Å². The van der Waals surface area contributed by atoms with Crippen molar-refractivity contribution in [1.29, 1.82) is 0 Å². The number of pyridine rings is 1. The van der Waals surface area contributed by atoms with Crippen molar-refractivity contribution in [3.05, 3.63) is 65.1 Å². The van der Waals surface area contributed by atoms with Crippen molar-refractivity contribution in [1.82, 2.24) is 10.3 Å². The van der Waals surface area contributed by atoms with Crippen LogP contribution in [0.25, 0.3) is 11.3 Å². The van der Waals surface area contributed by atoms with E-state index in [2.05, 4.69) is 29.1 Å². The molecule has 0 saturated carbocycles. The molecule has 0 spiro atoms. The molecule has 3 rings (SSSR count). The Kier molecular flexibility index (Phi) is 3.94. The lowest BCUT2D eigenvalue weighted by Crippen LogP contribution is -2.15. The van der Waals surface area contributed by atoms with Crippen LogP contribution in [0.3, 0.4) is 0 Å². The van der Waals surface area contributed by atoms with Crippen molar-refractivity contribution in [3.8, 4) is 23.1 Å². The maximum absolute atomic E-state index is 12.9. The Balaban J connectivity index is 1.75. The topological polar surface area (TPSA) is 24.9 Å². The molecule has 1 N–H and O–H groups in total. The van der Waals surface area contributed by atoms with Gasteiger partial charge in [0.15, 0.2) is 0 Å². The quantitative estimate of drug-likeness (QED) is 0.811. The van der Waals surface area contributed by atoms with Crippen LogP contribution >= 0.6 is 11.8 Å². The van der Waals surface area contributed by atoms with Crippen LogP contribution < -0.4 is 5.32 Å². The van der Waals surface area contributed by atoms with E-state index in [0.29, 0.717) is 5.37 Å². The van der Waals surface area contributed by atoms with Crippen LogP contribution in [-0.2, 0) is 0 Å². The number of nitrogens with zero attached hydrogens (tertiary/aromatic N) is 1. The molecule has 0 amide bonds. The van der Waals surface area contributed by atoms with Crippen molar-refractivity contribution in [2.24, 2.45) is 0 Å². The zero-order valence-electron chi connectivity index (χ0n) is 11.4. The minimum absolute atomic E-state index is 0.245. The predicted molar refractivity (Wildman–Crippen MR) is 84.8 cm³/mol. The molecule has 1 unspecified atom stereocenters. The summed E-state index contributed by atoms with van der Waals surface area (Å²) in [7, 11) is 0. The smallest absolute Gasteiger partial charge is 0.123 e. The van der Waals surface area contributed by atoms with E-state index in [1.54, 1.807) is 30.1 Å². The number of rotatable bonds is 1. The van der Waals surface area contributed by atoms with Gasteiger partial charge in [0.25, 0.3) is 0 Å². The van der Waals surface area contributed by atoms with E-state index in [4.69, 9.17) is 0 Å². The first-order chi connectivity index (χ1) is 10.2. The summed E-state index contributed by atoms with van der Waals surface area (Å²) in [6.07, 6.45) is 1.73. The Bertz CT molecular complexity index is 724. The second-order valence-electron chi connectivity index (χ2n) is 4.64. The lowest BCUT2D eigenvalue weighted by Gasteiger charge is -2.01. The fraction of sp³-hybridized carbons (Fsp3) is 0.118. The average molecular weight is 296 g/mol. The highest BCUT2D eigenvalue weighted by Gasteiger charge is 2.08. The molecule has 0 aliphatic carbocycles. The second kappa shape index (κ2) is 6.02. The number of benzene rings is 1. The molecule has 0 bridgehead atoms. The molecule has 1 aliphatic rings. The van der Waals surface area contributed by atoms with E-state index >= 15 is 0 Å². The molecular weight excluding hydrogens is 283 g/mol. The molecule has 0 fully saturated rings. The van der Waals surface area contributed by atoms with Crippen molar-refractivity contribution in [2.75, 3.05) is 0 Å². The third kappa shape index (κ3) is 3.45. The van der Waals surface area contributed by atoms with Crippen molar-refractivity contribution in [3.63, 3.8) is 0 Å². The number of hydrogen-bond donors (Lipinski definition) is 1. The Morgan fingerprint density at radius 1 is 1.14 bits per heavy atom. The molecule has 2 aromatic rings. The largest absolute Gasteiger partial charge is 0.366 e. The minimum Gasteiger partial charge on any atom is -0.366 e. The molecule has 2 heterocycles. The lowest BCUT2D eigenvalue weighted by atomic mass is 10.1. The zero-order chi connectivity index (χ0) is 14.7. The number of allylic oxidation sites excluding steroid dienone is 1. The molecule has 0 saturated heterocycles. The Morgan fingerprint density at radius 3 is 2.57 bits per heavy atom. The van der Waals surface area contributed by atoms with Gasteiger partial charge in [-0.25, -0.2) is 4.39 Å². The van der Waals surface area contributed by atoms with Gasteiger partial charge in [-0.15, -0.1) is 11.8 Å². The van der Waals surface area contributed by atoms with E-state index in [0.717, 1.165) is 22.5 Å². The molecule has 4 heteroatoms. The van der Waals surface area contributed by atoms with Gasteiger partial charge in [-0.3, -0.25) is 4.98 Å². The summed E-state index contributed by atoms with van der Waals surface area (Å²) >= 11 is 1.72. The van der Waals surface area contributed by atoms with Gasteiger partial charge < -0.3 is 5.32 Å². The molecule has 1 atom stereocenters.